The van der Waals surface area contributed by atoms with Crippen LogP contribution in [-0.4, -0.2) is 19.8 Å². The van der Waals surface area contributed by atoms with Crippen LogP contribution in [0, 0.1) is 100 Å². The van der Waals surface area contributed by atoms with Crippen molar-refractivity contribution in [2.24, 2.45) is 0 Å². The van der Waals surface area contributed by atoms with Crippen LogP contribution in [0.5, 0.6) is 0 Å². The molecule has 348 valence electrons. The molecule has 0 aliphatic heterocycles. The Balaban J connectivity index is 0.000000362. The summed E-state index contributed by atoms with van der Waals surface area (Å²) in [5.74, 6) is -33.0. The zero-order chi connectivity index (χ0) is 48.7. The van der Waals surface area contributed by atoms with E-state index in [2.05, 4.69) is 98.6 Å². The minimum Gasteiger partial charge on any atom is -0.684 e. The second-order valence-corrected chi connectivity index (χ2v) is 15.5. The summed E-state index contributed by atoms with van der Waals surface area (Å²) in [6.45, 7) is 19.8. The van der Waals surface area contributed by atoms with Gasteiger partial charge in [-0.25, -0.2) is 57.1 Å². The normalized spacial score (nSPS) is 11.1. The third kappa shape index (κ3) is 12.9. The molecule has 5 aromatic rings. The quantitative estimate of drug-likeness (QED) is 0.0298. The van der Waals surface area contributed by atoms with Gasteiger partial charge in [0.2, 0.25) is 0 Å². The van der Waals surface area contributed by atoms with Crippen molar-refractivity contribution in [1.82, 2.24) is 0 Å². The summed E-state index contributed by atoms with van der Waals surface area (Å²) >= 11 is 0. The van der Waals surface area contributed by atoms with E-state index in [0.717, 1.165) is 25.6 Å². The maximum Gasteiger partial charge on any atom is 4.00 e. The molecule has 0 heterocycles. The van der Waals surface area contributed by atoms with Crippen molar-refractivity contribution in [3.63, 3.8) is 0 Å². The maximum atomic E-state index is 13.6. The number of hydrogen-bond acceptors (Lipinski definition) is 0. The van der Waals surface area contributed by atoms with Crippen LogP contribution in [0.25, 0.3) is 10.6 Å². The Labute approximate surface area is 383 Å². The molecular formula is C46H42BF15N2Ti. The first-order valence-electron chi connectivity index (χ1n) is 19.7. The Morgan fingerprint density at radius 3 is 0.892 bits per heavy atom. The molecule has 0 amide bonds. The first-order valence-corrected chi connectivity index (χ1v) is 19.7. The molecule has 0 bridgehead atoms. The standard InChI is InChI=1S/C27H40N2.C13H2BF10.C6F5.Ti/c1-18(2)22-12-9-13-23(19(3)4)26(22)28-16-11-17-29-27-24(20(5)6)14-10-15-25(27)21(7)8;1-14(2-4(15)8(19)12(23)9(20)5(2)16)3-6(17)10(21)13(24)11(22)7(3)18;7-2-1-3(8)5(10)6(11)4(2)9;/h9-10,12-15,18-21H,11,16-17H2,1-8H3;1H2;;/q-2;2*-1;+4. The van der Waals surface area contributed by atoms with Gasteiger partial charge < -0.3 is 17.5 Å². The molecule has 0 radical (unpaired) electrons. The SMILES string of the molecule is CC(C)c1cccc(C(C)C)c1[N-]CCC[N-]c1c(C(C)C)cccc1C(C)C.Fc1[c-]c(F)c(F)c(F)c1F.[CH2-]B(c1c(F)c(F)c(F)c(F)c1F)c1c(F)c(F)c(F)c(F)c1F.[Ti+4]. The van der Waals surface area contributed by atoms with Crippen molar-refractivity contribution in [2.45, 2.75) is 85.5 Å². The van der Waals surface area contributed by atoms with E-state index in [4.69, 9.17) is 10.6 Å². The minimum atomic E-state index is -2.61. The van der Waals surface area contributed by atoms with Gasteiger partial charge in [-0.2, -0.15) is 0 Å². The second kappa shape index (κ2) is 24.3. The molecule has 0 N–H and O–H groups in total. The molecule has 0 saturated heterocycles. The van der Waals surface area contributed by atoms with Crippen LogP contribution in [-0.2, 0) is 21.7 Å². The Kier molecular flexibility index (Phi) is 21.1. The molecule has 2 nitrogen and oxygen atoms in total. The summed E-state index contributed by atoms with van der Waals surface area (Å²) in [5, 5.41) is 10.1. The predicted molar refractivity (Wildman–Crippen MR) is 218 cm³/mol. The Morgan fingerprint density at radius 1 is 0.415 bits per heavy atom. The first-order chi connectivity index (χ1) is 29.8. The summed E-state index contributed by atoms with van der Waals surface area (Å²) in [6, 6.07) is 14.3. The van der Waals surface area contributed by atoms with Gasteiger partial charge in [0.25, 0.3) is 0 Å². The van der Waals surface area contributed by atoms with Gasteiger partial charge in [0, 0.05) is 0 Å². The fourth-order valence-corrected chi connectivity index (χ4v) is 6.34. The molecule has 65 heavy (non-hydrogen) atoms. The van der Waals surface area contributed by atoms with Gasteiger partial charge in [-0.3, -0.25) is 8.78 Å². The molecule has 0 spiro atoms. The van der Waals surface area contributed by atoms with E-state index in [1.807, 2.05) is 0 Å². The average molecular weight is 967 g/mol. The van der Waals surface area contributed by atoms with E-state index >= 15 is 0 Å². The average Bonchev–Trinajstić information content (AvgIpc) is 3.24. The topological polar surface area (TPSA) is 28.2 Å². The minimum absolute atomic E-state index is 0. The van der Waals surface area contributed by atoms with Gasteiger partial charge in [-0.1, -0.05) is 120 Å². The molecule has 5 aromatic carbocycles. The number of rotatable bonds is 12. The van der Waals surface area contributed by atoms with Crippen molar-refractivity contribution in [2.75, 3.05) is 13.1 Å². The monoisotopic (exact) mass is 966 g/mol. The van der Waals surface area contributed by atoms with E-state index in [1.165, 1.54) is 33.6 Å². The smallest absolute Gasteiger partial charge is 0.684 e. The first kappa shape index (κ1) is 56.6. The summed E-state index contributed by atoms with van der Waals surface area (Å²) in [4.78, 5) is 0. The van der Waals surface area contributed by atoms with E-state index in [0.29, 0.717) is 23.7 Å². The van der Waals surface area contributed by atoms with Crippen molar-refractivity contribution < 1.29 is 87.6 Å². The van der Waals surface area contributed by atoms with Crippen LogP contribution in [0.2, 0.25) is 0 Å². The van der Waals surface area contributed by atoms with Gasteiger partial charge >= 0.3 is 21.7 Å². The third-order valence-electron chi connectivity index (χ3n) is 9.72. The molecule has 0 aliphatic carbocycles. The zero-order valence-corrected chi connectivity index (χ0v) is 37.8. The second-order valence-electron chi connectivity index (χ2n) is 15.5. The van der Waals surface area contributed by atoms with Crippen LogP contribution in [0.1, 0.15) is 108 Å². The number of halogens is 15. The number of nitrogens with zero attached hydrogens (tertiary/aromatic N) is 2. The fraction of sp³-hybridized carbons (Fsp3) is 0.326. The van der Waals surface area contributed by atoms with Crippen LogP contribution < -0.4 is 10.9 Å². The molecule has 0 aromatic heterocycles. The molecular weight excluding hydrogens is 924 g/mol. The van der Waals surface area contributed by atoms with Crippen molar-refractivity contribution in [3.8, 4) is 0 Å². The summed E-state index contributed by atoms with van der Waals surface area (Å²) < 4.78 is 193. The van der Waals surface area contributed by atoms with E-state index < -0.39 is 105 Å². The van der Waals surface area contributed by atoms with Crippen LogP contribution >= 0.6 is 0 Å². The number of benzene rings is 5. The van der Waals surface area contributed by atoms with Gasteiger partial charge in [-0.15, -0.1) is 30.5 Å². The fourth-order valence-electron chi connectivity index (χ4n) is 6.34. The Morgan fingerprint density at radius 2 is 0.646 bits per heavy atom. The predicted octanol–water partition coefficient (Wildman–Crippen LogP) is 14.5. The summed E-state index contributed by atoms with van der Waals surface area (Å²) in [5.41, 5.74) is 4.19. The van der Waals surface area contributed by atoms with E-state index in [9.17, 15) is 65.9 Å². The Hall–Kier alpha value is -4.57. The van der Waals surface area contributed by atoms with Crippen LogP contribution in [0.4, 0.5) is 77.2 Å². The van der Waals surface area contributed by atoms with Crippen molar-refractivity contribution >= 4 is 29.0 Å². The van der Waals surface area contributed by atoms with Crippen LogP contribution in [0.3, 0.4) is 0 Å². The number of hydrogen-bond donors (Lipinski definition) is 0. The third-order valence-corrected chi connectivity index (χ3v) is 9.72. The molecule has 19 heteroatoms. The van der Waals surface area contributed by atoms with Crippen molar-refractivity contribution in [3.05, 3.63) is 169 Å². The van der Waals surface area contributed by atoms with Crippen LogP contribution in [0.15, 0.2) is 36.4 Å². The zero-order valence-electron chi connectivity index (χ0n) is 36.2. The molecule has 0 aliphatic rings. The van der Waals surface area contributed by atoms with E-state index in [1.54, 1.807) is 0 Å². The van der Waals surface area contributed by atoms with Gasteiger partial charge in [0.1, 0.15) is 0 Å². The molecule has 5 rings (SSSR count). The molecule has 0 unspecified atom stereocenters. The van der Waals surface area contributed by atoms with Gasteiger partial charge in [0.05, 0.1) is 35.8 Å². The van der Waals surface area contributed by atoms with Gasteiger partial charge in [0.15, 0.2) is 58.2 Å². The largest absolute Gasteiger partial charge is 4.00 e. The molecule has 0 saturated carbocycles. The summed E-state index contributed by atoms with van der Waals surface area (Å²) in [6.07, 6.45) is 0.980. The van der Waals surface area contributed by atoms with Crippen molar-refractivity contribution in [1.29, 1.82) is 0 Å². The summed E-state index contributed by atoms with van der Waals surface area (Å²) in [7, 11) is 0. The maximum absolute atomic E-state index is 13.6. The molecule has 0 atom stereocenters. The van der Waals surface area contributed by atoms with E-state index in [-0.39, 0.29) is 21.7 Å². The van der Waals surface area contributed by atoms with Gasteiger partial charge in [-0.05, 0) is 34.6 Å². The molecule has 0 fully saturated rings. The Bertz CT molecular complexity index is 2170. The number of para-hydroxylation sites is 2.